The van der Waals surface area contributed by atoms with Gasteiger partial charge >= 0.3 is 0 Å². The summed E-state index contributed by atoms with van der Waals surface area (Å²) in [6.45, 7) is 3.08. The number of benzene rings is 1. The van der Waals surface area contributed by atoms with E-state index in [-0.39, 0.29) is 0 Å². The molecule has 1 aliphatic heterocycles. The molecular weight excluding hydrogens is 164 g/mol. The second-order valence-electron chi connectivity index (χ2n) is 3.52. The summed E-state index contributed by atoms with van der Waals surface area (Å²) in [5, 5.41) is 9.52. The van der Waals surface area contributed by atoms with Crippen molar-refractivity contribution in [2.24, 2.45) is 0 Å². The topological polar surface area (TPSA) is 49.5 Å². The van der Waals surface area contributed by atoms with Crippen molar-refractivity contribution < 1.29 is 5.11 Å². The Hall–Kier alpha value is -1.22. The number of nitrogens with zero attached hydrogens (tertiary/aromatic N) is 1. The van der Waals surface area contributed by atoms with Crippen molar-refractivity contribution in [1.29, 1.82) is 0 Å². The van der Waals surface area contributed by atoms with Crippen molar-refractivity contribution >= 4 is 5.69 Å². The van der Waals surface area contributed by atoms with Gasteiger partial charge in [0, 0.05) is 17.8 Å². The van der Waals surface area contributed by atoms with Crippen molar-refractivity contribution in [3.8, 4) is 5.75 Å². The minimum Gasteiger partial charge on any atom is -0.508 e. The highest BCUT2D eigenvalue weighted by Gasteiger charge is 2.15. The van der Waals surface area contributed by atoms with Crippen molar-refractivity contribution in [3.05, 3.63) is 23.8 Å². The van der Waals surface area contributed by atoms with Crippen LogP contribution in [0, 0.1) is 0 Å². The van der Waals surface area contributed by atoms with E-state index in [4.69, 9.17) is 5.73 Å². The molecule has 1 aliphatic rings. The number of phenols is 1. The fourth-order valence-electron chi connectivity index (χ4n) is 1.51. The van der Waals surface area contributed by atoms with Crippen molar-refractivity contribution in [3.63, 3.8) is 0 Å². The third-order valence-electron chi connectivity index (χ3n) is 2.45. The quantitative estimate of drug-likeness (QED) is 0.528. The molecule has 13 heavy (non-hydrogen) atoms. The van der Waals surface area contributed by atoms with Crippen LogP contribution in [0.1, 0.15) is 12.0 Å². The van der Waals surface area contributed by atoms with Gasteiger partial charge in [-0.25, -0.2) is 0 Å². The second-order valence-corrected chi connectivity index (χ2v) is 3.52. The van der Waals surface area contributed by atoms with Crippen LogP contribution in [-0.4, -0.2) is 23.1 Å². The Morgan fingerprint density at radius 1 is 1.38 bits per heavy atom. The zero-order chi connectivity index (χ0) is 9.26. The number of likely N-dealkylation sites (tertiary alicyclic amines) is 1. The minimum absolute atomic E-state index is 0.348. The summed E-state index contributed by atoms with van der Waals surface area (Å²) in [6.07, 6.45) is 1.27. The van der Waals surface area contributed by atoms with Gasteiger partial charge in [0.25, 0.3) is 0 Å². The molecule has 70 valence electrons. The van der Waals surface area contributed by atoms with Gasteiger partial charge in [0.1, 0.15) is 5.75 Å². The Kier molecular flexibility index (Phi) is 2.10. The number of anilines is 1. The molecular formula is C10H14N2O. The van der Waals surface area contributed by atoms with E-state index in [0.29, 0.717) is 11.4 Å². The van der Waals surface area contributed by atoms with Crippen LogP contribution in [0.25, 0.3) is 0 Å². The van der Waals surface area contributed by atoms with Crippen molar-refractivity contribution in [2.75, 3.05) is 18.8 Å². The van der Waals surface area contributed by atoms with Gasteiger partial charge in [-0.2, -0.15) is 0 Å². The average Bonchev–Trinajstić information content (AvgIpc) is 2.03. The molecule has 0 saturated carbocycles. The zero-order valence-corrected chi connectivity index (χ0v) is 7.53. The standard InChI is InChI=1S/C10H14N2O/c11-9-2-3-10(13)8(6-9)7-12-4-1-5-12/h2-3,6,13H,1,4-5,7,11H2. The predicted molar refractivity (Wildman–Crippen MR) is 52.4 cm³/mol. The maximum atomic E-state index is 9.52. The lowest BCUT2D eigenvalue weighted by Crippen LogP contribution is -2.36. The van der Waals surface area contributed by atoms with E-state index < -0.39 is 0 Å². The van der Waals surface area contributed by atoms with Gasteiger partial charge in [-0.15, -0.1) is 0 Å². The number of phenolic OH excluding ortho intramolecular Hbond substituents is 1. The van der Waals surface area contributed by atoms with E-state index in [2.05, 4.69) is 4.90 Å². The van der Waals surface area contributed by atoms with E-state index >= 15 is 0 Å². The molecule has 0 bridgehead atoms. The molecule has 0 unspecified atom stereocenters. The van der Waals surface area contributed by atoms with Gasteiger partial charge in [-0.1, -0.05) is 0 Å². The van der Waals surface area contributed by atoms with Crippen molar-refractivity contribution in [1.82, 2.24) is 4.90 Å². The largest absolute Gasteiger partial charge is 0.508 e. The highest BCUT2D eigenvalue weighted by molar-refractivity contribution is 5.47. The van der Waals surface area contributed by atoms with E-state index in [0.717, 1.165) is 25.2 Å². The molecule has 1 aromatic carbocycles. The Bertz CT molecular complexity index is 308. The van der Waals surface area contributed by atoms with Gasteiger partial charge < -0.3 is 10.8 Å². The van der Waals surface area contributed by atoms with E-state index in [1.165, 1.54) is 6.42 Å². The highest BCUT2D eigenvalue weighted by atomic mass is 16.3. The summed E-state index contributed by atoms with van der Waals surface area (Å²) in [7, 11) is 0. The first-order chi connectivity index (χ1) is 6.25. The van der Waals surface area contributed by atoms with E-state index in [1.54, 1.807) is 12.1 Å². The summed E-state index contributed by atoms with van der Waals surface area (Å²) < 4.78 is 0. The van der Waals surface area contributed by atoms with Gasteiger partial charge in [-0.05, 0) is 37.7 Å². The summed E-state index contributed by atoms with van der Waals surface area (Å²) in [4.78, 5) is 2.29. The molecule has 0 radical (unpaired) electrons. The molecule has 3 heteroatoms. The molecule has 2 rings (SSSR count). The average molecular weight is 178 g/mol. The van der Waals surface area contributed by atoms with E-state index in [1.807, 2.05) is 6.07 Å². The molecule has 0 aromatic heterocycles. The first-order valence-electron chi connectivity index (χ1n) is 4.55. The number of aromatic hydroxyl groups is 1. The molecule has 1 heterocycles. The predicted octanol–water partition coefficient (Wildman–Crippen LogP) is 1.18. The number of nitrogen functional groups attached to an aromatic ring is 1. The van der Waals surface area contributed by atoms with Gasteiger partial charge in [0.15, 0.2) is 0 Å². The van der Waals surface area contributed by atoms with Crippen LogP contribution in [0.2, 0.25) is 0 Å². The van der Waals surface area contributed by atoms with Crippen LogP contribution in [0.3, 0.4) is 0 Å². The third kappa shape index (κ3) is 1.75. The molecule has 3 N–H and O–H groups in total. The normalized spacial score (nSPS) is 16.9. The molecule has 1 saturated heterocycles. The maximum absolute atomic E-state index is 9.52. The van der Waals surface area contributed by atoms with Crippen LogP contribution >= 0.6 is 0 Å². The van der Waals surface area contributed by atoms with Crippen LogP contribution in [0.5, 0.6) is 5.75 Å². The van der Waals surface area contributed by atoms with Crippen LogP contribution in [0.15, 0.2) is 18.2 Å². The lowest BCUT2D eigenvalue weighted by Gasteiger charge is -2.30. The summed E-state index contributed by atoms with van der Waals surface area (Å²) in [6, 6.07) is 5.22. The fourth-order valence-corrected chi connectivity index (χ4v) is 1.51. The molecule has 0 atom stereocenters. The number of rotatable bonds is 2. The number of hydrogen-bond donors (Lipinski definition) is 2. The monoisotopic (exact) mass is 178 g/mol. The summed E-state index contributed by atoms with van der Waals surface area (Å²) in [5.41, 5.74) is 7.28. The molecule has 3 nitrogen and oxygen atoms in total. The summed E-state index contributed by atoms with van der Waals surface area (Å²) >= 11 is 0. The molecule has 0 spiro atoms. The Balaban J connectivity index is 2.13. The Morgan fingerprint density at radius 3 is 2.77 bits per heavy atom. The zero-order valence-electron chi connectivity index (χ0n) is 7.53. The Morgan fingerprint density at radius 2 is 2.15 bits per heavy atom. The highest BCUT2D eigenvalue weighted by Crippen LogP contribution is 2.23. The second kappa shape index (κ2) is 3.26. The smallest absolute Gasteiger partial charge is 0.120 e. The number of nitrogens with two attached hydrogens (primary N) is 1. The lowest BCUT2D eigenvalue weighted by molar-refractivity contribution is 0.171. The van der Waals surface area contributed by atoms with Gasteiger partial charge in [-0.3, -0.25) is 4.90 Å². The van der Waals surface area contributed by atoms with E-state index in [9.17, 15) is 5.11 Å². The van der Waals surface area contributed by atoms with Crippen LogP contribution in [0.4, 0.5) is 5.69 Å². The summed E-state index contributed by atoms with van der Waals surface area (Å²) in [5.74, 6) is 0.348. The third-order valence-corrected chi connectivity index (χ3v) is 2.45. The van der Waals surface area contributed by atoms with Gasteiger partial charge in [0.05, 0.1) is 0 Å². The van der Waals surface area contributed by atoms with Crippen LogP contribution < -0.4 is 5.73 Å². The Labute approximate surface area is 77.8 Å². The molecule has 0 amide bonds. The minimum atomic E-state index is 0.348. The fraction of sp³-hybridized carbons (Fsp3) is 0.400. The molecule has 1 fully saturated rings. The first kappa shape index (κ1) is 8.38. The maximum Gasteiger partial charge on any atom is 0.120 e. The first-order valence-corrected chi connectivity index (χ1v) is 4.55. The number of hydrogen-bond acceptors (Lipinski definition) is 3. The van der Waals surface area contributed by atoms with Crippen molar-refractivity contribution in [2.45, 2.75) is 13.0 Å². The molecule has 0 aliphatic carbocycles. The molecule has 1 aromatic rings. The van der Waals surface area contributed by atoms with Gasteiger partial charge in [0.2, 0.25) is 0 Å². The van der Waals surface area contributed by atoms with Crippen LogP contribution in [-0.2, 0) is 6.54 Å². The lowest BCUT2D eigenvalue weighted by atomic mass is 10.1. The SMILES string of the molecule is Nc1ccc(O)c(CN2CCC2)c1.